The normalized spacial score (nSPS) is 16.4. The third kappa shape index (κ3) is 3.45. The summed E-state index contributed by atoms with van der Waals surface area (Å²) in [4.78, 5) is 9.25. The first-order chi connectivity index (χ1) is 8.70. The molecular formula is C14H23N3S. The highest BCUT2D eigenvalue weighted by atomic mass is 32.2. The van der Waals surface area contributed by atoms with Crippen LogP contribution < -0.4 is 5.73 Å². The number of nitrogens with two attached hydrogens (primary N) is 1. The number of aromatic nitrogens is 2. The molecule has 1 saturated carbocycles. The molecule has 1 aromatic heterocycles. The molecule has 0 amide bonds. The lowest BCUT2D eigenvalue weighted by Gasteiger charge is -2.11. The van der Waals surface area contributed by atoms with Gasteiger partial charge in [0.2, 0.25) is 0 Å². The van der Waals surface area contributed by atoms with E-state index in [1.165, 1.54) is 31.2 Å². The van der Waals surface area contributed by atoms with Crippen molar-refractivity contribution in [3.05, 3.63) is 22.8 Å². The topological polar surface area (TPSA) is 51.8 Å². The SMILES string of the molecule is Cc1nc(CSC2CCCC2)nc(C)c1CCN. The third-order valence-corrected chi connectivity index (χ3v) is 4.98. The van der Waals surface area contributed by atoms with Crippen molar-refractivity contribution in [3.63, 3.8) is 0 Å². The first-order valence-corrected chi connectivity index (χ1v) is 7.90. The zero-order valence-electron chi connectivity index (χ0n) is 11.4. The van der Waals surface area contributed by atoms with Crippen molar-refractivity contribution in [2.24, 2.45) is 5.73 Å². The van der Waals surface area contributed by atoms with Gasteiger partial charge in [0.05, 0.1) is 5.75 Å². The zero-order valence-corrected chi connectivity index (χ0v) is 12.2. The molecule has 1 fully saturated rings. The van der Waals surface area contributed by atoms with Crippen molar-refractivity contribution in [2.45, 2.75) is 57.0 Å². The van der Waals surface area contributed by atoms with Gasteiger partial charge in [-0.1, -0.05) is 12.8 Å². The van der Waals surface area contributed by atoms with Gasteiger partial charge in [-0.05, 0) is 45.2 Å². The van der Waals surface area contributed by atoms with Gasteiger partial charge in [0, 0.05) is 16.6 Å². The minimum atomic E-state index is 0.668. The summed E-state index contributed by atoms with van der Waals surface area (Å²) in [6, 6.07) is 0. The lowest BCUT2D eigenvalue weighted by molar-refractivity contribution is 0.862. The van der Waals surface area contributed by atoms with Gasteiger partial charge in [-0.2, -0.15) is 11.8 Å². The summed E-state index contributed by atoms with van der Waals surface area (Å²) in [7, 11) is 0. The molecular weight excluding hydrogens is 242 g/mol. The fourth-order valence-corrected chi connectivity index (χ4v) is 3.81. The van der Waals surface area contributed by atoms with E-state index >= 15 is 0 Å². The van der Waals surface area contributed by atoms with Crippen molar-refractivity contribution < 1.29 is 0 Å². The Morgan fingerprint density at radius 1 is 1.17 bits per heavy atom. The summed E-state index contributed by atoms with van der Waals surface area (Å²) in [5.41, 5.74) is 9.06. The molecule has 1 heterocycles. The Kier molecular flexibility index (Phi) is 5.01. The summed E-state index contributed by atoms with van der Waals surface area (Å²) in [6.45, 7) is 4.81. The van der Waals surface area contributed by atoms with Crippen LogP contribution in [0.3, 0.4) is 0 Å². The van der Waals surface area contributed by atoms with Crippen molar-refractivity contribution in [2.75, 3.05) is 6.54 Å². The molecule has 100 valence electrons. The van der Waals surface area contributed by atoms with Crippen molar-refractivity contribution >= 4 is 11.8 Å². The van der Waals surface area contributed by atoms with Crippen LogP contribution in [0.1, 0.15) is 48.5 Å². The van der Waals surface area contributed by atoms with Gasteiger partial charge in [-0.15, -0.1) is 0 Å². The van der Waals surface area contributed by atoms with Crippen molar-refractivity contribution in [1.82, 2.24) is 9.97 Å². The fraction of sp³-hybridized carbons (Fsp3) is 0.714. The van der Waals surface area contributed by atoms with Crippen LogP contribution >= 0.6 is 11.8 Å². The second-order valence-corrected chi connectivity index (χ2v) is 6.33. The largest absolute Gasteiger partial charge is 0.330 e. The molecule has 0 bridgehead atoms. The standard InChI is InChI=1S/C14H23N3S/c1-10-13(7-8-15)11(2)17-14(16-10)9-18-12-5-3-4-6-12/h12H,3-9,15H2,1-2H3. The summed E-state index contributed by atoms with van der Waals surface area (Å²) in [6.07, 6.45) is 6.41. The monoisotopic (exact) mass is 265 g/mol. The maximum absolute atomic E-state index is 5.62. The molecule has 1 aliphatic carbocycles. The molecule has 4 heteroatoms. The minimum absolute atomic E-state index is 0.668. The van der Waals surface area contributed by atoms with E-state index in [9.17, 15) is 0 Å². The van der Waals surface area contributed by atoms with Gasteiger partial charge < -0.3 is 5.73 Å². The summed E-state index contributed by atoms with van der Waals surface area (Å²) in [5, 5.41) is 0.831. The van der Waals surface area contributed by atoms with E-state index in [2.05, 4.69) is 23.8 Å². The highest BCUT2D eigenvalue weighted by molar-refractivity contribution is 7.99. The molecule has 1 aromatic rings. The summed E-state index contributed by atoms with van der Waals surface area (Å²) < 4.78 is 0. The molecule has 3 nitrogen and oxygen atoms in total. The van der Waals surface area contributed by atoms with E-state index in [1.807, 2.05) is 11.8 Å². The highest BCUT2D eigenvalue weighted by Gasteiger charge is 2.16. The van der Waals surface area contributed by atoms with Crippen LogP contribution in [-0.2, 0) is 12.2 Å². The van der Waals surface area contributed by atoms with Gasteiger partial charge in [0.25, 0.3) is 0 Å². The molecule has 2 rings (SSSR count). The molecule has 18 heavy (non-hydrogen) atoms. The Balaban J connectivity index is 2.00. The van der Waals surface area contributed by atoms with Crippen LogP contribution in [0.15, 0.2) is 0 Å². The van der Waals surface area contributed by atoms with Gasteiger partial charge >= 0.3 is 0 Å². The molecule has 0 aliphatic heterocycles. The number of nitrogens with zero attached hydrogens (tertiary/aromatic N) is 2. The quantitative estimate of drug-likeness (QED) is 0.889. The Bertz CT molecular complexity index is 377. The average molecular weight is 265 g/mol. The third-order valence-electron chi connectivity index (χ3n) is 3.61. The van der Waals surface area contributed by atoms with E-state index in [0.29, 0.717) is 6.54 Å². The van der Waals surface area contributed by atoms with Crippen LogP contribution in [0.4, 0.5) is 0 Å². The average Bonchev–Trinajstić information content (AvgIpc) is 2.84. The van der Waals surface area contributed by atoms with Crippen LogP contribution in [0.25, 0.3) is 0 Å². The van der Waals surface area contributed by atoms with E-state index in [1.54, 1.807) is 0 Å². The Hall–Kier alpha value is -0.610. The summed E-state index contributed by atoms with van der Waals surface area (Å²) >= 11 is 2.02. The number of aryl methyl sites for hydroxylation is 2. The van der Waals surface area contributed by atoms with Gasteiger partial charge in [0.1, 0.15) is 5.82 Å². The minimum Gasteiger partial charge on any atom is -0.330 e. The molecule has 2 N–H and O–H groups in total. The van der Waals surface area contributed by atoms with Gasteiger partial charge in [0.15, 0.2) is 0 Å². The van der Waals surface area contributed by atoms with Crippen LogP contribution in [0.5, 0.6) is 0 Å². The first-order valence-electron chi connectivity index (χ1n) is 6.85. The Labute approximate surface area is 114 Å². The van der Waals surface area contributed by atoms with E-state index < -0.39 is 0 Å². The number of thioether (sulfide) groups is 1. The van der Waals surface area contributed by atoms with Crippen molar-refractivity contribution in [3.8, 4) is 0 Å². The molecule has 0 aromatic carbocycles. The maximum Gasteiger partial charge on any atom is 0.138 e. The lowest BCUT2D eigenvalue weighted by atomic mass is 10.1. The molecule has 0 radical (unpaired) electrons. The van der Waals surface area contributed by atoms with Gasteiger partial charge in [-0.3, -0.25) is 0 Å². The Morgan fingerprint density at radius 2 is 1.78 bits per heavy atom. The predicted molar refractivity (Wildman–Crippen MR) is 77.8 cm³/mol. The zero-order chi connectivity index (χ0) is 13.0. The summed E-state index contributed by atoms with van der Waals surface area (Å²) in [5.74, 6) is 1.94. The maximum atomic E-state index is 5.62. The van der Waals surface area contributed by atoms with Crippen LogP contribution in [0.2, 0.25) is 0 Å². The van der Waals surface area contributed by atoms with E-state index in [4.69, 9.17) is 5.73 Å². The molecule has 0 saturated heterocycles. The highest BCUT2D eigenvalue weighted by Crippen LogP contribution is 2.31. The number of rotatable bonds is 5. The van der Waals surface area contributed by atoms with Gasteiger partial charge in [-0.25, -0.2) is 9.97 Å². The second-order valence-electron chi connectivity index (χ2n) is 5.05. The van der Waals surface area contributed by atoms with E-state index in [0.717, 1.165) is 34.6 Å². The molecule has 1 aliphatic rings. The molecule has 0 unspecified atom stereocenters. The molecule has 0 atom stereocenters. The van der Waals surface area contributed by atoms with E-state index in [-0.39, 0.29) is 0 Å². The fourth-order valence-electron chi connectivity index (χ4n) is 2.63. The van der Waals surface area contributed by atoms with Crippen LogP contribution in [-0.4, -0.2) is 21.8 Å². The smallest absolute Gasteiger partial charge is 0.138 e. The number of hydrogen-bond donors (Lipinski definition) is 1. The van der Waals surface area contributed by atoms with Crippen LogP contribution in [0, 0.1) is 13.8 Å². The predicted octanol–water partition coefficient (Wildman–Crippen LogP) is 2.77. The second kappa shape index (κ2) is 6.53. The lowest BCUT2D eigenvalue weighted by Crippen LogP contribution is -2.10. The molecule has 0 spiro atoms. The first kappa shape index (κ1) is 13.8. The van der Waals surface area contributed by atoms with Crippen molar-refractivity contribution in [1.29, 1.82) is 0 Å². The number of hydrogen-bond acceptors (Lipinski definition) is 4. The Morgan fingerprint density at radius 3 is 2.33 bits per heavy atom.